The van der Waals surface area contributed by atoms with Crippen molar-refractivity contribution in [2.75, 3.05) is 18.2 Å². The van der Waals surface area contributed by atoms with E-state index in [0.717, 1.165) is 12.3 Å². The topological polar surface area (TPSA) is 157 Å². The van der Waals surface area contributed by atoms with Gasteiger partial charge in [0.05, 0.1) is 22.8 Å². The van der Waals surface area contributed by atoms with Crippen molar-refractivity contribution in [1.29, 1.82) is 0 Å². The van der Waals surface area contributed by atoms with Crippen molar-refractivity contribution in [3.05, 3.63) is 12.0 Å². The van der Waals surface area contributed by atoms with Crippen LogP contribution in [0.5, 0.6) is 0 Å². The number of aromatic carboxylic acids is 1. The van der Waals surface area contributed by atoms with Crippen molar-refractivity contribution < 1.29 is 28.2 Å². The highest BCUT2D eigenvalue weighted by Gasteiger charge is 2.39. The van der Waals surface area contributed by atoms with Crippen LogP contribution in [0.2, 0.25) is 25.7 Å². The fourth-order valence-electron chi connectivity index (χ4n) is 3.54. The molecule has 31 heavy (non-hydrogen) atoms. The number of rotatable bonds is 9. The zero-order valence-electron chi connectivity index (χ0n) is 18.1. The fraction of sp³-hybridized carbons (Fsp3) is 0.667. The largest absolute Gasteiger partial charge is 0.476 e. The first-order chi connectivity index (χ1) is 14.4. The molecular weight excluding hydrogens is 442 g/mol. The van der Waals surface area contributed by atoms with Gasteiger partial charge in [-0.25, -0.2) is 27.9 Å². The number of carboxylic acid groups (broad SMARTS) is 1. The van der Waals surface area contributed by atoms with Crippen LogP contribution in [0.1, 0.15) is 23.3 Å². The minimum atomic E-state index is -3.30. The predicted octanol–water partition coefficient (Wildman–Crippen LogP) is 1.19. The molecule has 3 atom stereocenters. The highest BCUT2D eigenvalue weighted by atomic mass is 32.2. The molecule has 0 radical (unpaired) electrons. The molecule has 1 aliphatic carbocycles. The van der Waals surface area contributed by atoms with Crippen LogP contribution in [0.15, 0.2) is 6.33 Å². The molecule has 0 saturated heterocycles. The Morgan fingerprint density at radius 3 is 2.61 bits per heavy atom. The number of carboxylic acids is 1. The monoisotopic (exact) mass is 471 g/mol. The quantitative estimate of drug-likeness (QED) is 0.358. The van der Waals surface area contributed by atoms with Gasteiger partial charge in [-0.2, -0.15) is 5.10 Å². The second-order valence-electron chi connectivity index (χ2n) is 9.16. The summed E-state index contributed by atoms with van der Waals surface area (Å²) < 4.78 is 30.8. The molecule has 2 aromatic heterocycles. The first-order valence-electron chi connectivity index (χ1n) is 10.0. The average Bonchev–Trinajstić information content (AvgIpc) is 3.20. The van der Waals surface area contributed by atoms with E-state index in [1.54, 1.807) is 0 Å². The summed E-state index contributed by atoms with van der Waals surface area (Å²) in [4.78, 5) is 20.1. The second-order valence-corrected chi connectivity index (χ2v) is 17.1. The number of sulfone groups is 1. The molecule has 1 aliphatic rings. The van der Waals surface area contributed by atoms with Gasteiger partial charge in [0.1, 0.15) is 28.7 Å². The zero-order valence-corrected chi connectivity index (χ0v) is 19.9. The lowest BCUT2D eigenvalue weighted by atomic mass is 10.2. The van der Waals surface area contributed by atoms with Crippen LogP contribution >= 0.6 is 0 Å². The van der Waals surface area contributed by atoms with Gasteiger partial charge in [-0.05, 0) is 18.9 Å². The predicted molar refractivity (Wildman–Crippen MR) is 118 cm³/mol. The molecule has 11 nitrogen and oxygen atoms in total. The molecule has 13 heteroatoms. The third-order valence-corrected chi connectivity index (χ3v) is 8.66. The summed E-state index contributed by atoms with van der Waals surface area (Å²) in [5.41, 5.74) is 0.0501. The molecule has 0 aliphatic heterocycles. The van der Waals surface area contributed by atoms with E-state index >= 15 is 0 Å². The lowest BCUT2D eigenvalue weighted by Crippen LogP contribution is -2.28. The summed E-state index contributed by atoms with van der Waals surface area (Å²) in [6, 6.07) is 0.372. The van der Waals surface area contributed by atoms with Gasteiger partial charge in [0.15, 0.2) is 11.3 Å². The summed E-state index contributed by atoms with van der Waals surface area (Å²) in [5, 5.41) is 26.6. The van der Waals surface area contributed by atoms with Gasteiger partial charge < -0.3 is 20.3 Å². The summed E-state index contributed by atoms with van der Waals surface area (Å²) in [6.45, 7) is 7.29. The van der Waals surface area contributed by atoms with Gasteiger partial charge in [0, 0.05) is 20.9 Å². The number of hydrogen-bond acceptors (Lipinski definition) is 9. The lowest BCUT2D eigenvalue weighted by Gasteiger charge is -2.17. The Morgan fingerprint density at radius 2 is 2.03 bits per heavy atom. The Bertz CT molecular complexity index is 1070. The van der Waals surface area contributed by atoms with Gasteiger partial charge in [-0.15, -0.1) is 0 Å². The number of aromatic nitrogens is 4. The van der Waals surface area contributed by atoms with E-state index in [1.807, 2.05) is 0 Å². The molecule has 0 bridgehead atoms. The van der Waals surface area contributed by atoms with Crippen LogP contribution in [0.3, 0.4) is 0 Å². The fourth-order valence-corrected chi connectivity index (χ4v) is 5.40. The van der Waals surface area contributed by atoms with Crippen molar-refractivity contribution in [3.8, 4) is 0 Å². The Balaban J connectivity index is 1.86. The summed E-state index contributed by atoms with van der Waals surface area (Å²) in [7, 11) is -4.57. The number of carbonyl (C=O) groups is 1. The maximum absolute atomic E-state index is 11.9. The minimum absolute atomic E-state index is 0.0485. The third kappa shape index (κ3) is 5.59. The molecule has 2 heterocycles. The van der Waals surface area contributed by atoms with Gasteiger partial charge in [-0.1, -0.05) is 19.6 Å². The smallest absolute Gasteiger partial charge is 0.357 e. The number of hydrogen-bond donors (Lipinski definition) is 3. The standard InChI is InChI=1S/C18H29N5O6SSi/c1-30(27,28)11-7-12(13(24)8-11)21-16-14-15(18(25)26)22-23(17(14)20-9-19-16)10-29-5-6-31(2,3)4/h9,11-13,24H,5-8,10H2,1-4H3,(H,25,26)(H,19,20,21)/t11?,12-,13-/m1/s1. The van der Waals surface area contributed by atoms with Crippen molar-refractivity contribution in [2.24, 2.45) is 0 Å². The Kier molecular flexibility index (Phi) is 6.69. The molecule has 0 aromatic carbocycles. The highest BCUT2D eigenvalue weighted by molar-refractivity contribution is 7.91. The van der Waals surface area contributed by atoms with Crippen LogP contribution in [0.4, 0.5) is 5.82 Å². The van der Waals surface area contributed by atoms with Crippen molar-refractivity contribution in [2.45, 2.75) is 62.7 Å². The van der Waals surface area contributed by atoms with Crippen LogP contribution in [-0.4, -0.2) is 82.7 Å². The molecule has 172 valence electrons. The normalized spacial score (nSPS) is 22.2. The molecule has 1 unspecified atom stereocenters. The van der Waals surface area contributed by atoms with Crippen LogP contribution in [0, 0.1) is 0 Å². The van der Waals surface area contributed by atoms with E-state index in [1.165, 1.54) is 11.0 Å². The van der Waals surface area contributed by atoms with E-state index < -0.39 is 41.3 Å². The molecule has 3 N–H and O–H groups in total. The maximum atomic E-state index is 11.9. The number of ether oxygens (including phenoxy) is 1. The number of aliphatic hydroxyl groups excluding tert-OH is 1. The summed E-state index contributed by atoms with van der Waals surface area (Å²) in [6.07, 6.45) is 1.82. The van der Waals surface area contributed by atoms with E-state index in [9.17, 15) is 23.4 Å². The number of fused-ring (bicyclic) bond motifs is 1. The van der Waals surface area contributed by atoms with Gasteiger partial charge in [-0.3, -0.25) is 0 Å². The van der Waals surface area contributed by atoms with E-state index in [2.05, 4.69) is 40.0 Å². The second kappa shape index (κ2) is 8.80. The number of aliphatic hydroxyl groups is 1. The first kappa shape index (κ1) is 23.6. The Hall–Kier alpha value is -2.09. The number of nitrogens with zero attached hydrogens (tertiary/aromatic N) is 4. The van der Waals surface area contributed by atoms with Crippen LogP contribution < -0.4 is 5.32 Å². The number of anilines is 1. The summed E-state index contributed by atoms with van der Waals surface area (Å²) >= 11 is 0. The first-order valence-corrected chi connectivity index (χ1v) is 15.7. The third-order valence-electron chi connectivity index (χ3n) is 5.36. The Labute approximate surface area is 181 Å². The Morgan fingerprint density at radius 1 is 1.32 bits per heavy atom. The summed E-state index contributed by atoms with van der Waals surface area (Å²) in [5.74, 6) is -1.06. The van der Waals surface area contributed by atoms with Crippen molar-refractivity contribution in [1.82, 2.24) is 19.7 Å². The minimum Gasteiger partial charge on any atom is -0.476 e. The van der Waals surface area contributed by atoms with Crippen LogP contribution in [-0.2, 0) is 21.3 Å². The van der Waals surface area contributed by atoms with Crippen molar-refractivity contribution in [3.63, 3.8) is 0 Å². The number of nitrogens with one attached hydrogen (secondary N) is 1. The highest BCUT2D eigenvalue weighted by Crippen LogP contribution is 2.30. The zero-order chi connectivity index (χ0) is 23.0. The van der Waals surface area contributed by atoms with Gasteiger partial charge in [0.2, 0.25) is 0 Å². The lowest BCUT2D eigenvalue weighted by molar-refractivity contribution is 0.0675. The van der Waals surface area contributed by atoms with Crippen molar-refractivity contribution >= 4 is 40.7 Å². The van der Waals surface area contributed by atoms with E-state index in [-0.39, 0.29) is 42.1 Å². The maximum Gasteiger partial charge on any atom is 0.357 e. The van der Waals surface area contributed by atoms with E-state index in [0.29, 0.717) is 6.61 Å². The SMILES string of the molecule is C[Si](C)(C)CCOCn1nc(C(=O)O)c2c(N[C@@H]3CC(S(C)(=O)=O)C[C@H]3O)ncnc21. The van der Waals surface area contributed by atoms with E-state index in [4.69, 9.17) is 4.74 Å². The van der Waals surface area contributed by atoms with Gasteiger partial charge >= 0.3 is 5.97 Å². The van der Waals surface area contributed by atoms with Gasteiger partial charge in [0.25, 0.3) is 0 Å². The molecule has 0 amide bonds. The molecule has 0 spiro atoms. The molecule has 3 rings (SSSR count). The molecular formula is C18H29N5O6SSi. The molecule has 2 aromatic rings. The molecule has 1 saturated carbocycles. The van der Waals surface area contributed by atoms with Crippen LogP contribution in [0.25, 0.3) is 11.0 Å². The average molecular weight is 472 g/mol. The molecule has 1 fully saturated rings.